The van der Waals surface area contributed by atoms with Crippen molar-refractivity contribution in [2.45, 2.75) is 26.1 Å². The first-order valence-corrected chi connectivity index (χ1v) is 11.5. The van der Waals surface area contributed by atoms with Gasteiger partial charge in [0.1, 0.15) is 23.4 Å². The molecule has 0 radical (unpaired) electrons. The lowest BCUT2D eigenvalue weighted by molar-refractivity contribution is 0.207. The van der Waals surface area contributed by atoms with Crippen molar-refractivity contribution in [3.8, 4) is 0 Å². The van der Waals surface area contributed by atoms with Crippen LogP contribution in [0.2, 0.25) is 0 Å². The third kappa shape index (κ3) is 5.05. The maximum atomic E-state index is 13.6. The summed E-state index contributed by atoms with van der Waals surface area (Å²) >= 11 is 0. The minimum absolute atomic E-state index is 0.159. The quantitative estimate of drug-likeness (QED) is 0.452. The molecule has 2 aromatic carbocycles. The molecule has 0 saturated carbocycles. The second-order valence-corrected chi connectivity index (χ2v) is 8.74. The van der Waals surface area contributed by atoms with Crippen LogP contribution in [0.3, 0.4) is 0 Å². The standard InChI is InChI=1S/C22H25FNO5P/c1-3-28-30(26,29-4-2)22(24-14-13-16-9-11-17(23)12-10-16)19-15-27-20-8-6-5-7-18(20)21(19)25/h5-12,15,22,24H,3-4,13-14H2,1-2H3. The smallest absolute Gasteiger partial charge is 0.352 e. The Bertz CT molecular complexity index is 1070. The van der Waals surface area contributed by atoms with E-state index in [2.05, 4.69) is 5.32 Å². The predicted octanol–water partition coefficient (Wildman–Crippen LogP) is 5.03. The number of halogens is 1. The van der Waals surface area contributed by atoms with E-state index >= 15 is 0 Å². The molecule has 3 rings (SSSR count). The van der Waals surface area contributed by atoms with Gasteiger partial charge < -0.3 is 13.5 Å². The van der Waals surface area contributed by atoms with E-state index in [4.69, 9.17) is 13.5 Å². The third-order valence-electron chi connectivity index (χ3n) is 4.60. The number of nitrogens with one attached hydrogen (secondary N) is 1. The summed E-state index contributed by atoms with van der Waals surface area (Å²) in [4.78, 5) is 13.1. The fourth-order valence-electron chi connectivity index (χ4n) is 3.22. The number of fused-ring (bicyclic) bond motifs is 1. The van der Waals surface area contributed by atoms with Crippen LogP contribution in [-0.4, -0.2) is 19.8 Å². The summed E-state index contributed by atoms with van der Waals surface area (Å²) < 4.78 is 43.3. The van der Waals surface area contributed by atoms with E-state index in [-0.39, 0.29) is 30.0 Å². The van der Waals surface area contributed by atoms with Gasteiger partial charge in [-0.15, -0.1) is 0 Å². The second kappa shape index (κ2) is 10.1. The number of rotatable bonds is 10. The van der Waals surface area contributed by atoms with Gasteiger partial charge in [-0.1, -0.05) is 24.3 Å². The molecule has 1 heterocycles. The van der Waals surface area contributed by atoms with E-state index in [1.165, 1.54) is 18.4 Å². The molecule has 0 aliphatic carbocycles. The number of hydrogen-bond acceptors (Lipinski definition) is 6. The Hall–Kier alpha value is -2.31. The molecule has 0 fully saturated rings. The van der Waals surface area contributed by atoms with Gasteiger partial charge >= 0.3 is 7.60 Å². The van der Waals surface area contributed by atoms with Gasteiger partial charge in [0.15, 0.2) is 5.43 Å². The molecular weight excluding hydrogens is 408 g/mol. The molecule has 0 aliphatic heterocycles. The molecule has 30 heavy (non-hydrogen) atoms. The third-order valence-corrected chi connectivity index (χ3v) is 6.93. The van der Waals surface area contributed by atoms with Gasteiger partial charge in [0, 0.05) is 6.54 Å². The average molecular weight is 433 g/mol. The largest absolute Gasteiger partial charge is 0.464 e. The van der Waals surface area contributed by atoms with Crippen LogP contribution in [0, 0.1) is 5.82 Å². The average Bonchev–Trinajstić information content (AvgIpc) is 2.74. The summed E-state index contributed by atoms with van der Waals surface area (Å²) in [7, 11) is -3.72. The molecule has 160 valence electrons. The summed E-state index contributed by atoms with van der Waals surface area (Å²) in [6, 6.07) is 13.0. The molecule has 3 aromatic rings. The van der Waals surface area contributed by atoms with Gasteiger partial charge in [0.2, 0.25) is 0 Å². The minimum Gasteiger partial charge on any atom is -0.464 e. The Kier molecular flexibility index (Phi) is 7.56. The molecule has 8 heteroatoms. The lowest BCUT2D eigenvalue weighted by atomic mass is 10.1. The maximum Gasteiger partial charge on any atom is 0.352 e. The Morgan fingerprint density at radius 3 is 2.40 bits per heavy atom. The summed E-state index contributed by atoms with van der Waals surface area (Å²) in [5, 5.41) is 3.54. The van der Waals surface area contributed by atoms with Crippen molar-refractivity contribution in [2.75, 3.05) is 19.8 Å². The van der Waals surface area contributed by atoms with Crippen molar-refractivity contribution >= 4 is 18.6 Å². The van der Waals surface area contributed by atoms with Crippen LogP contribution in [0.25, 0.3) is 11.0 Å². The summed E-state index contributed by atoms with van der Waals surface area (Å²) in [5.74, 6) is -1.31. The molecule has 0 saturated heterocycles. The number of para-hydroxylation sites is 1. The Labute approximate surface area is 174 Å². The molecule has 6 nitrogen and oxygen atoms in total. The van der Waals surface area contributed by atoms with E-state index in [0.29, 0.717) is 23.9 Å². The first-order chi connectivity index (χ1) is 14.5. The summed E-state index contributed by atoms with van der Waals surface area (Å²) in [6.45, 7) is 4.11. The van der Waals surface area contributed by atoms with Crippen LogP contribution >= 0.6 is 7.60 Å². The highest BCUT2D eigenvalue weighted by Gasteiger charge is 2.38. The molecule has 0 bridgehead atoms. The Balaban J connectivity index is 1.95. The van der Waals surface area contributed by atoms with Crippen LogP contribution in [0.1, 0.15) is 30.8 Å². The van der Waals surface area contributed by atoms with Gasteiger partial charge in [0.25, 0.3) is 0 Å². The SMILES string of the molecule is CCOP(=O)(OCC)C(NCCc1ccc(F)cc1)c1coc2ccccc2c1=O. The van der Waals surface area contributed by atoms with Crippen molar-refractivity contribution < 1.29 is 22.4 Å². The van der Waals surface area contributed by atoms with Gasteiger partial charge in [0.05, 0.1) is 24.2 Å². The highest BCUT2D eigenvalue weighted by molar-refractivity contribution is 7.54. The lowest BCUT2D eigenvalue weighted by Gasteiger charge is -2.27. The fourth-order valence-corrected chi connectivity index (χ4v) is 5.19. The summed E-state index contributed by atoms with van der Waals surface area (Å²) in [6.07, 6.45) is 1.85. The summed E-state index contributed by atoms with van der Waals surface area (Å²) in [5.41, 5.74) is 1.23. The monoisotopic (exact) mass is 433 g/mol. The van der Waals surface area contributed by atoms with Crippen molar-refractivity contribution in [1.82, 2.24) is 5.32 Å². The second-order valence-electron chi connectivity index (χ2n) is 6.62. The maximum absolute atomic E-state index is 13.6. The fraction of sp³-hybridized carbons (Fsp3) is 0.318. The van der Waals surface area contributed by atoms with Crippen LogP contribution < -0.4 is 10.7 Å². The molecule has 1 atom stereocenters. The first-order valence-electron chi connectivity index (χ1n) is 9.85. The molecule has 0 spiro atoms. The van der Waals surface area contributed by atoms with Gasteiger partial charge in [-0.3, -0.25) is 14.7 Å². The zero-order valence-corrected chi connectivity index (χ0v) is 17.9. The molecule has 1 unspecified atom stereocenters. The molecule has 1 aromatic heterocycles. The predicted molar refractivity (Wildman–Crippen MR) is 114 cm³/mol. The highest BCUT2D eigenvalue weighted by atomic mass is 31.2. The van der Waals surface area contributed by atoms with Gasteiger partial charge in [-0.25, -0.2) is 4.39 Å². The zero-order chi connectivity index (χ0) is 21.6. The van der Waals surface area contributed by atoms with Crippen molar-refractivity contribution in [2.24, 2.45) is 0 Å². The van der Waals surface area contributed by atoms with Crippen LogP contribution in [0.4, 0.5) is 4.39 Å². The van der Waals surface area contributed by atoms with E-state index in [9.17, 15) is 13.8 Å². The lowest BCUT2D eigenvalue weighted by Crippen LogP contribution is -2.29. The van der Waals surface area contributed by atoms with Crippen molar-refractivity contribution in [1.29, 1.82) is 0 Å². The molecule has 0 amide bonds. The van der Waals surface area contributed by atoms with Crippen LogP contribution in [0.5, 0.6) is 0 Å². The van der Waals surface area contributed by atoms with Crippen molar-refractivity contribution in [3.05, 3.63) is 82.0 Å². The van der Waals surface area contributed by atoms with Gasteiger partial charge in [-0.05, 0) is 50.1 Å². The number of hydrogen-bond donors (Lipinski definition) is 1. The van der Waals surface area contributed by atoms with E-state index in [1.807, 2.05) is 0 Å². The van der Waals surface area contributed by atoms with E-state index in [1.54, 1.807) is 50.2 Å². The first kappa shape index (κ1) is 22.4. The Morgan fingerprint density at radius 2 is 1.73 bits per heavy atom. The molecule has 0 aliphatic rings. The highest BCUT2D eigenvalue weighted by Crippen LogP contribution is 2.59. The normalized spacial score (nSPS) is 12.9. The topological polar surface area (TPSA) is 77.8 Å². The van der Waals surface area contributed by atoms with Gasteiger partial charge in [-0.2, -0.15) is 0 Å². The Morgan fingerprint density at radius 1 is 1.07 bits per heavy atom. The van der Waals surface area contributed by atoms with E-state index in [0.717, 1.165) is 5.56 Å². The van der Waals surface area contributed by atoms with Crippen molar-refractivity contribution in [3.63, 3.8) is 0 Å². The van der Waals surface area contributed by atoms with E-state index < -0.39 is 13.4 Å². The van der Waals surface area contributed by atoms with Crippen LogP contribution in [-0.2, 0) is 20.0 Å². The molecule has 1 N–H and O–H groups in total. The van der Waals surface area contributed by atoms with Crippen LogP contribution in [0.15, 0.2) is 64.0 Å². The minimum atomic E-state index is -3.72. The zero-order valence-electron chi connectivity index (χ0n) is 17.0. The molecular formula is C22H25FNO5P. The number of benzene rings is 2.